The van der Waals surface area contributed by atoms with E-state index >= 15 is 0 Å². The Labute approximate surface area is 76.2 Å². The lowest BCUT2D eigenvalue weighted by molar-refractivity contribution is -0.869. The summed E-state index contributed by atoms with van der Waals surface area (Å²) >= 11 is 0. The van der Waals surface area contributed by atoms with E-state index in [1.165, 1.54) is 16.0 Å². The average Bonchev–Trinajstić information content (AvgIpc) is 1.58. The predicted octanol–water partition coefficient (Wildman–Crippen LogP) is -2.34. The van der Waals surface area contributed by atoms with Gasteiger partial charge in [-0.25, -0.2) is 0 Å². The molecule has 0 aliphatic rings. The Morgan fingerprint density at radius 2 is 1.36 bits per heavy atom. The van der Waals surface area contributed by atoms with Crippen LogP contribution in [0.1, 0.15) is 13.8 Å². The van der Waals surface area contributed by atoms with Crippen LogP contribution < -0.4 is 17.3 Å². The minimum absolute atomic E-state index is 0. The maximum atomic E-state index is 3.85. The summed E-state index contributed by atoms with van der Waals surface area (Å²) in [4.78, 5) is 1.46. The number of likely N-dealkylation sites (N-methyl/N-ethyl adjacent to an activating group) is 1. The number of quaternary nitrogens is 1. The molecule has 0 saturated heterocycles. The van der Waals surface area contributed by atoms with Crippen molar-refractivity contribution in [2.24, 2.45) is 0 Å². The normalized spacial score (nSPS) is 9.09. The first-order valence-electron chi connectivity index (χ1n) is 3.62. The third kappa shape index (κ3) is 9.73. The van der Waals surface area contributed by atoms with Gasteiger partial charge in [0.15, 0.2) is 0 Å². The Balaban J connectivity index is 0. The molecule has 0 aromatic heterocycles. The molecular weight excluding hydrogens is 158 g/mol. The lowest BCUT2D eigenvalue weighted by atomic mass is 10.3. The Hall–Kier alpha value is -0.270. The van der Waals surface area contributed by atoms with Crippen molar-refractivity contribution in [3.63, 3.8) is 0 Å². The largest absolute Gasteiger partial charge is 1.00 e. The van der Waals surface area contributed by atoms with Gasteiger partial charge in [-0.05, 0) is 25.0 Å². The first-order chi connectivity index (χ1) is 4.52. The van der Waals surface area contributed by atoms with Crippen LogP contribution in [-0.4, -0.2) is 20.1 Å². The van der Waals surface area contributed by atoms with Gasteiger partial charge in [0.25, 0.3) is 0 Å². The van der Waals surface area contributed by atoms with E-state index in [0.29, 0.717) is 0 Å². The van der Waals surface area contributed by atoms with Crippen molar-refractivity contribution < 1.29 is 17.3 Å². The molecule has 0 aromatic rings. The first-order valence-corrected chi connectivity index (χ1v) is 3.62. The topological polar surface area (TPSA) is 4.44 Å². The van der Waals surface area contributed by atoms with Gasteiger partial charge in [0.1, 0.15) is 0 Å². The summed E-state index contributed by atoms with van der Waals surface area (Å²) < 4.78 is 0. The van der Waals surface area contributed by atoms with Crippen molar-refractivity contribution in [2.45, 2.75) is 13.8 Å². The third-order valence-corrected chi connectivity index (χ3v) is 1.21. The summed E-state index contributed by atoms with van der Waals surface area (Å²) in [6.45, 7) is 13.9. The van der Waals surface area contributed by atoms with E-state index in [0.717, 1.165) is 13.1 Å². The smallest absolute Gasteiger partial charge is 0.0982 e. The number of rotatable bonds is 4. The number of nitrogens with one attached hydrogen (secondary N) is 1. The lowest BCUT2D eigenvalue weighted by Gasteiger charge is -2.12. The van der Waals surface area contributed by atoms with Gasteiger partial charge in [-0.2, -0.15) is 0 Å². The standard InChI is InChI=1S/C9H17N.ClH/c1-8(2)6-10(5)7-9(3)4;/h1,3,6-7H2,2,4-5H3;1H. The zero-order valence-corrected chi connectivity index (χ0v) is 8.46. The van der Waals surface area contributed by atoms with Crippen LogP contribution in [0.15, 0.2) is 24.3 Å². The fourth-order valence-corrected chi connectivity index (χ4v) is 1.09. The second-order valence-corrected chi connectivity index (χ2v) is 3.22. The van der Waals surface area contributed by atoms with Crippen LogP contribution in [0.3, 0.4) is 0 Å². The van der Waals surface area contributed by atoms with Crippen LogP contribution in [-0.2, 0) is 0 Å². The maximum absolute atomic E-state index is 3.85. The van der Waals surface area contributed by atoms with Crippen molar-refractivity contribution >= 4 is 0 Å². The van der Waals surface area contributed by atoms with E-state index < -0.39 is 0 Å². The van der Waals surface area contributed by atoms with E-state index in [1.54, 1.807) is 0 Å². The minimum Gasteiger partial charge on any atom is -1.00 e. The monoisotopic (exact) mass is 175 g/mol. The highest BCUT2D eigenvalue weighted by Crippen LogP contribution is 1.80. The molecule has 0 aliphatic heterocycles. The molecule has 0 heterocycles. The van der Waals surface area contributed by atoms with Gasteiger partial charge >= 0.3 is 0 Å². The van der Waals surface area contributed by atoms with Crippen molar-refractivity contribution in [2.75, 3.05) is 20.1 Å². The highest BCUT2D eigenvalue weighted by molar-refractivity contribution is 4.89. The molecule has 0 unspecified atom stereocenters. The van der Waals surface area contributed by atoms with Crippen LogP contribution in [0.25, 0.3) is 0 Å². The Kier molecular flexibility index (Phi) is 7.80. The second kappa shape index (κ2) is 6.44. The quantitative estimate of drug-likeness (QED) is 0.457. The highest BCUT2D eigenvalue weighted by Gasteiger charge is 1.99. The van der Waals surface area contributed by atoms with Crippen LogP contribution in [0.5, 0.6) is 0 Å². The predicted molar refractivity (Wildman–Crippen MR) is 46.2 cm³/mol. The molecule has 0 rings (SSSR count). The summed E-state index contributed by atoms with van der Waals surface area (Å²) in [5.41, 5.74) is 2.47. The zero-order chi connectivity index (χ0) is 8.15. The summed E-state index contributed by atoms with van der Waals surface area (Å²) in [5.74, 6) is 0. The summed E-state index contributed by atoms with van der Waals surface area (Å²) in [6, 6.07) is 0. The van der Waals surface area contributed by atoms with Crippen LogP contribution in [0, 0.1) is 0 Å². The molecule has 0 fully saturated rings. The van der Waals surface area contributed by atoms with Gasteiger partial charge in [0.05, 0.1) is 20.1 Å². The van der Waals surface area contributed by atoms with Gasteiger partial charge in [-0.15, -0.1) is 0 Å². The van der Waals surface area contributed by atoms with E-state index in [1.807, 2.05) is 0 Å². The van der Waals surface area contributed by atoms with Crippen molar-refractivity contribution in [3.8, 4) is 0 Å². The molecule has 0 atom stereocenters. The van der Waals surface area contributed by atoms with E-state index in [2.05, 4.69) is 34.1 Å². The molecule has 1 nitrogen and oxygen atoms in total. The Bertz CT molecular complexity index is 124. The molecule has 11 heavy (non-hydrogen) atoms. The van der Waals surface area contributed by atoms with E-state index in [9.17, 15) is 0 Å². The maximum Gasteiger partial charge on any atom is 0.0982 e. The summed E-state index contributed by atoms with van der Waals surface area (Å²) in [7, 11) is 2.16. The van der Waals surface area contributed by atoms with Gasteiger partial charge in [-0.3, -0.25) is 0 Å². The Morgan fingerprint density at radius 1 is 1.09 bits per heavy atom. The lowest BCUT2D eigenvalue weighted by Crippen LogP contribution is -3.09. The summed E-state index contributed by atoms with van der Waals surface area (Å²) in [6.07, 6.45) is 0. The van der Waals surface area contributed by atoms with Gasteiger partial charge < -0.3 is 17.3 Å². The Morgan fingerprint density at radius 3 is 1.55 bits per heavy atom. The molecule has 0 aliphatic carbocycles. The number of hydrogen-bond donors (Lipinski definition) is 1. The van der Waals surface area contributed by atoms with Crippen molar-refractivity contribution in [1.29, 1.82) is 0 Å². The summed E-state index contributed by atoms with van der Waals surface area (Å²) in [5, 5.41) is 0. The van der Waals surface area contributed by atoms with Crippen LogP contribution >= 0.6 is 0 Å². The third-order valence-electron chi connectivity index (χ3n) is 1.21. The van der Waals surface area contributed by atoms with Gasteiger partial charge in [0, 0.05) is 0 Å². The molecule has 1 N–H and O–H groups in total. The minimum atomic E-state index is 0. The van der Waals surface area contributed by atoms with E-state index in [4.69, 9.17) is 0 Å². The average molecular weight is 176 g/mol. The van der Waals surface area contributed by atoms with Crippen molar-refractivity contribution in [3.05, 3.63) is 24.3 Å². The molecule has 0 bridgehead atoms. The number of halogens is 1. The second-order valence-electron chi connectivity index (χ2n) is 3.22. The van der Waals surface area contributed by atoms with Crippen molar-refractivity contribution in [1.82, 2.24) is 0 Å². The first kappa shape index (κ1) is 13.3. The molecule has 2 heteroatoms. The molecular formula is C9H18ClN. The molecule has 0 saturated carbocycles. The molecule has 0 aromatic carbocycles. The zero-order valence-electron chi connectivity index (χ0n) is 7.71. The molecule has 0 spiro atoms. The van der Waals surface area contributed by atoms with Crippen LogP contribution in [0.2, 0.25) is 0 Å². The SMILES string of the molecule is C=C(C)C[NH+](C)CC(=C)C.[Cl-]. The van der Waals surface area contributed by atoms with Crippen LogP contribution in [0.4, 0.5) is 0 Å². The van der Waals surface area contributed by atoms with Gasteiger partial charge in [0.2, 0.25) is 0 Å². The number of hydrogen-bond acceptors (Lipinski definition) is 0. The highest BCUT2D eigenvalue weighted by atomic mass is 35.5. The molecule has 66 valence electrons. The fourth-order valence-electron chi connectivity index (χ4n) is 1.09. The molecule has 0 radical (unpaired) electrons. The van der Waals surface area contributed by atoms with E-state index in [-0.39, 0.29) is 12.4 Å². The molecule has 0 amide bonds. The fraction of sp³-hybridized carbons (Fsp3) is 0.556. The van der Waals surface area contributed by atoms with Gasteiger partial charge in [-0.1, -0.05) is 13.2 Å².